The van der Waals surface area contributed by atoms with E-state index in [1.54, 1.807) is 0 Å². The number of hydrogen-bond donors (Lipinski definition) is 1. The molecule has 0 aromatic heterocycles. The lowest BCUT2D eigenvalue weighted by Gasteiger charge is -2.25. The highest BCUT2D eigenvalue weighted by Gasteiger charge is 2.27. The minimum Gasteiger partial charge on any atom is -0.446 e. The maximum absolute atomic E-state index is 11.6. The molecule has 1 aromatic carbocycles. The van der Waals surface area contributed by atoms with E-state index in [1.807, 2.05) is 18.2 Å². The van der Waals surface area contributed by atoms with Crippen molar-refractivity contribution in [3.05, 3.63) is 35.9 Å². The van der Waals surface area contributed by atoms with Crippen LogP contribution in [-0.2, 0) is 9.47 Å². The van der Waals surface area contributed by atoms with Gasteiger partial charge >= 0.3 is 6.09 Å². The third kappa shape index (κ3) is 3.31. The largest absolute Gasteiger partial charge is 0.446 e. The van der Waals surface area contributed by atoms with E-state index >= 15 is 0 Å². The standard InChI is InChI=1S/C16H21NO3/c18-16(20-13-7-4-8-13)17-11-14-9-10-15(19-14)12-5-2-1-3-6-12/h1-3,5-6,13-15H,4,7-11H2,(H,17,18)/t14-,15+/m1/s1. The molecular formula is C16H21NO3. The van der Waals surface area contributed by atoms with Crippen LogP contribution in [0.4, 0.5) is 4.79 Å². The number of amides is 1. The van der Waals surface area contributed by atoms with Crippen LogP contribution >= 0.6 is 0 Å². The molecule has 4 nitrogen and oxygen atoms in total. The Bertz CT molecular complexity index is 444. The van der Waals surface area contributed by atoms with Crippen molar-refractivity contribution in [3.8, 4) is 0 Å². The summed E-state index contributed by atoms with van der Waals surface area (Å²) in [4.78, 5) is 11.6. The van der Waals surface area contributed by atoms with Gasteiger partial charge in [0.25, 0.3) is 0 Å². The SMILES string of the molecule is O=C(NC[C@H]1CC[C@@H](c2ccccc2)O1)OC1CCC1. The molecule has 1 saturated heterocycles. The molecular weight excluding hydrogens is 254 g/mol. The predicted octanol–water partition coefficient (Wildman–Crippen LogP) is 3.19. The van der Waals surface area contributed by atoms with Crippen LogP contribution in [0.15, 0.2) is 30.3 Å². The highest BCUT2D eigenvalue weighted by atomic mass is 16.6. The molecule has 1 aliphatic heterocycles. The zero-order valence-corrected chi connectivity index (χ0v) is 11.6. The molecule has 0 spiro atoms. The summed E-state index contributed by atoms with van der Waals surface area (Å²) >= 11 is 0. The average Bonchev–Trinajstić information content (AvgIpc) is 2.91. The molecule has 4 heteroatoms. The van der Waals surface area contributed by atoms with Gasteiger partial charge in [0.1, 0.15) is 6.10 Å². The number of nitrogens with one attached hydrogen (secondary N) is 1. The van der Waals surface area contributed by atoms with E-state index in [-0.39, 0.29) is 24.4 Å². The summed E-state index contributed by atoms with van der Waals surface area (Å²) in [6.45, 7) is 0.537. The molecule has 1 aliphatic carbocycles. The van der Waals surface area contributed by atoms with E-state index in [1.165, 1.54) is 12.0 Å². The van der Waals surface area contributed by atoms with E-state index in [9.17, 15) is 4.79 Å². The summed E-state index contributed by atoms with van der Waals surface area (Å²) in [5.41, 5.74) is 1.21. The third-order valence-corrected chi connectivity index (χ3v) is 4.08. The van der Waals surface area contributed by atoms with Crippen LogP contribution in [0.2, 0.25) is 0 Å². The predicted molar refractivity (Wildman–Crippen MR) is 75.4 cm³/mol. The lowest BCUT2D eigenvalue weighted by molar-refractivity contribution is 0.0324. The molecule has 1 aromatic rings. The van der Waals surface area contributed by atoms with Crippen LogP contribution in [0.1, 0.15) is 43.8 Å². The molecule has 0 radical (unpaired) electrons. The topological polar surface area (TPSA) is 47.6 Å². The lowest BCUT2D eigenvalue weighted by atomic mass is 9.96. The first kappa shape index (κ1) is 13.4. The van der Waals surface area contributed by atoms with Gasteiger partial charge in [-0.05, 0) is 37.7 Å². The van der Waals surface area contributed by atoms with Crippen molar-refractivity contribution in [3.63, 3.8) is 0 Å². The lowest BCUT2D eigenvalue weighted by Crippen LogP contribution is -2.36. The Morgan fingerprint density at radius 1 is 1.20 bits per heavy atom. The van der Waals surface area contributed by atoms with Crippen molar-refractivity contribution in [1.82, 2.24) is 5.32 Å². The highest BCUT2D eigenvalue weighted by molar-refractivity contribution is 5.67. The summed E-state index contributed by atoms with van der Waals surface area (Å²) in [6.07, 6.45) is 5.24. The summed E-state index contributed by atoms with van der Waals surface area (Å²) < 4.78 is 11.2. The average molecular weight is 275 g/mol. The quantitative estimate of drug-likeness (QED) is 0.918. The monoisotopic (exact) mass is 275 g/mol. The fraction of sp³-hybridized carbons (Fsp3) is 0.562. The third-order valence-electron chi connectivity index (χ3n) is 4.08. The normalized spacial score (nSPS) is 26.0. The number of ether oxygens (including phenoxy) is 2. The van der Waals surface area contributed by atoms with Crippen LogP contribution in [-0.4, -0.2) is 24.8 Å². The van der Waals surface area contributed by atoms with Gasteiger partial charge in [0.2, 0.25) is 0 Å². The first-order valence-corrected chi connectivity index (χ1v) is 7.46. The number of alkyl carbamates (subject to hydrolysis) is 1. The fourth-order valence-electron chi connectivity index (χ4n) is 2.65. The summed E-state index contributed by atoms with van der Waals surface area (Å²) in [5.74, 6) is 0. The molecule has 20 heavy (non-hydrogen) atoms. The molecule has 1 N–H and O–H groups in total. The van der Waals surface area contributed by atoms with Gasteiger partial charge in [0, 0.05) is 6.54 Å². The first-order chi connectivity index (χ1) is 9.81. The van der Waals surface area contributed by atoms with E-state index in [0.29, 0.717) is 6.54 Å². The molecule has 3 rings (SSSR count). The molecule has 2 atom stereocenters. The van der Waals surface area contributed by atoms with E-state index in [4.69, 9.17) is 9.47 Å². The number of hydrogen-bond acceptors (Lipinski definition) is 3. The van der Waals surface area contributed by atoms with Crippen molar-refractivity contribution in [1.29, 1.82) is 0 Å². The zero-order valence-electron chi connectivity index (χ0n) is 11.6. The van der Waals surface area contributed by atoms with Gasteiger partial charge in [-0.15, -0.1) is 0 Å². The Morgan fingerprint density at radius 2 is 2.00 bits per heavy atom. The van der Waals surface area contributed by atoms with Crippen molar-refractivity contribution in [2.75, 3.05) is 6.54 Å². The van der Waals surface area contributed by atoms with Crippen LogP contribution in [0, 0.1) is 0 Å². The maximum atomic E-state index is 11.6. The minimum absolute atomic E-state index is 0.0918. The number of benzene rings is 1. The molecule has 1 heterocycles. The Hall–Kier alpha value is -1.55. The summed E-state index contributed by atoms with van der Waals surface area (Å²) in [5, 5.41) is 2.81. The van der Waals surface area contributed by atoms with Gasteiger partial charge < -0.3 is 14.8 Å². The van der Waals surface area contributed by atoms with Crippen molar-refractivity contribution >= 4 is 6.09 Å². The Labute approximate surface area is 119 Å². The van der Waals surface area contributed by atoms with Crippen LogP contribution < -0.4 is 5.32 Å². The zero-order chi connectivity index (χ0) is 13.8. The smallest absolute Gasteiger partial charge is 0.407 e. The molecule has 2 fully saturated rings. The second kappa shape index (κ2) is 6.27. The van der Waals surface area contributed by atoms with Crippen molar-refractivity contribution in [2.45, 2.75) is 50.4 Å². The Kier molecular flexibility index (Phi) is 4.21. The summed E-state index contributed by atoms with van der Waals surface area (Å²) in [7, 11) is 0. The number of rotatable bonds is 4. The second-order valence-corrected chi connectivity index (χ2v) is 5.57. The highest BCUT2D eigenvalue weighted by Crippen LogP contribution is 2.32. The maximum Gasteiger partial charge on any atom is 0.407 e. The van der Waals surface area contributed by atoms with E-state index in [2.05, 4.69) is 17.4 Å². The first-order valence-electron chi connectivity index (χ1n) is 7.46. The Balaban J connectivity index is 1.40. The van der Waals surface area contributed by atoms with Gasteiger partial charge in [0.05, 0.1) is 12.2 Å². The minimum atomic E-state index is -0.304. The molecule has 2 aliphatic rings. The Morgan fingerprint density at radius 3 is 2.70 bits per heavy atom. The number of carbonyl (C=O) groups excluding carboxylic acids is 1. The van der Waals surface area contributed by atoms with Gasteiger partial charge in [-0.2, -0.15) is 0 Å². The van der Waals surface area contributed by atoms with Gasteiger partial charge in [-0.1, -0.05) is 30.3 Å². The molecule has 0 bridgehead atoms. The van der Waals surface area contributed by atoms with Gasteiger partial charge in [0.15, 0.2) is 0 Å². The summed E-state index contributed by atoms with van der Waals surface area (Å²) in [6, 6.07) is 10.2. The van der Waals surface area contributed by atoms with Gasteiger partial charge in [-0.3, -0.25) is 0 Å². The van der Waals surface area contributed by atoms with Crippen LogP contribution in [0.3, 0.4) is 0 Å². The molecule has 1 saturated carbocycles. The van der Waals surface area contributed by atoms with Crippen LogP contribution in [0.25, 0.3) is 0 Å². The van der Waals surface area contributed by atoms with Crippen molar-refractivity contribution in [2.24, 2.45) is 0 Å². The van der Waals surface area contributed by atoms with Crippen molar-refractivity contribution < 1.29 is 14.3 Å². The van der Waals surface area contributed by atoms with E-state index in [0.717, 1.165) is 25.7 Å². The molecule has 1 amide bonds. The van der Waals surface area contributed by atoms with Crippen LogP contribution in [0.5, 0.6) is 0 Å². The fourth-order valence-corrected chi connectivity index (χ4v) is 2.65. The number of carbonyl (C=O) groups is 1. The molecule has 0 unspecified atom stereocenters. The van der Waals surface area contributed by atoms with Gasteiger partial charge in [-0.25, -0.2) is 4.79 Å². The van der Waals surface area contributed by atoms with E-state index < -0.39 is 0 Å². The molecule has 108 valence electrons. The second-order valence-electron chi connectivity index (χ2n) is 5.57.